The van der Waals surface area contributed by atoms with Crippen LogP contribution < -0.4 is 0 Å². The molecule has 0 radical (unpaired) electrons. The van der Waals surface area contributed by atoms with Gasteiger partial charge >= 0.3 is 0 Å². The first-order valence-corrected chi connectivity index (χ1v) is 7.32. The summed E-state index contributed by atoms with van der Waals surface area (Å²) in [6, 6.07) is 0. The second kappa shape index (κ2) is 4.26. The summed E-state index contributed by atoms with van der Waals surface area (Å²) in [6.07, 6.45) is 1.29. The van der Waals surface area contributed by atoms with Crippen molar-refractivity contribution < 1.29 is 0 Å². The molecule has 0 aliphatic carbocycles. The third-order valence-electron chi connectivity index (χ3n) is 4.68. The molecule has 2 atom stereocenters. The van der Waals surface area contributed by atoms with Crippen LogP contribution in [-0.2, 0) is 0 Å². The largest absolute Gasteiger partial charge is 0.370 e. The second-order valence-electron chi connectivity index (χ2n) is 8.04. The quantitative estimate of drug-likeness (QED) is 0.650. The zero-order valence-electron chi connectivity index (χ0n) is 13.1. The lowest BCUT2D eigenvalue weighted by Crippen LogP contribution is -2.49. The predicted octanol–water partition coefficient (Wildman–Crippen LogP) is 3.35. The monoisotopic (exact) mass is 250 g/mol. The predicted molar refractivity (Wildman–Crippen MR) is 78.5 cm³/mol. The third-order valence-corrected chi connectivity index (χ3v) is 4.68. The van der Waals surface area contributed by atoms with Crippen molar-refractivity contribution in [2.45, 2.75) is 59.0 Å². The maximum absolute atomic E-state index is 4.38. The molecule has 2 unspecified atom stereocenters. The fourth-order valence-electron chi connectivity index (χ4n) is 3.52. The van der Waals surface area contributed by atoms with Crippen molar-refractivity contribution in [3.8, 4) is 0 Å². The van der Waals surface area contributed by atoms with E-state index in [0.717, 1.165) is 11.8 Å². The Bertz CT molecular complexity index is 332. The summed E-state index contributed by atoms with van der Waals surface area (Å²) in [5.41, 5.74) is 1.92. The Balaban J connectivity index is 2.11. The molecule has 2 heteroatoms. The Labute approximate surface area is 113 Å². The van der Waals surface area contributed by atoms with Crippen LogP contribution in [0.15, 0.2) is 12.3 Å². The number of rotatable bonds is 0. The molecule has 18 heavy (non-hydrogen) atoms. The second-order valence-corrected chi connectivity index (χ2v) is 8.04. The van der Waals surface area contributed by atoms with Gasteiger partial charge < -0.3 is 4.90 Å². The van der Waals surface area contributed by atoms with E-state index in [1.165, 1.54) is 31.8 Å². The van der Waals surface area contributed by atoms with E-state index in [0.29, 0.717) is 5.54 Å². The molecule has 0 bridgehead atoms. The molecule has 0 spiro atoms. The summed E-state index contributed by atoms with van der Waals surface area (Å²) in [5, 5.41) is 0. The molecule has 2 fully saturated rings. The molecule has 0 amide bonds. The highest BCUT2D eigenvalue weighted by Gasteiger charge is 2.44. The van der Waals surface area contributed by atoms with Gasteiger partial charge in [0.05, 0.1) is 0 Å². The van der Waals surface area contributed by atoms with Crippen LogP contribution in [0.3, 0.4) is 0 Å². The maximum Gasteiger partial charge on any atom is 0.0315 e. The van der Waals surface area contributed by atoms with Crippen molar-refractivity contribution in [1.82, 2.24) is 9.80 Å². The van der Waals surface area contributed by atoms with Crippen molar-refractivity contribution in [1.29, 1.82) is 0 Å². The first-order valence-electron chi connectivity index (χ1n) is 7.32. The van der Waals surface area contributed by atoms with Crippen LogP contribution >= 0.6 is 0 Å². The molecular weight excluding hydrogens is 220 g/mol. The van der Waals surface area contributed by atoms with Crippen LogP contribution in [0, 0.1) is 11.8 Å². The molecule has 2 nitrogen and oxygen atoms in total. The van der Waals surface area contributed by atoms with Gasteiger partial charge in [0.25, 0.3) is 0 Å². The number of allylic oxidation sites excluding steroid dienone is 1. The van der Waals surface area contributed by atoms with E-state index in [1.807, 2.05) is 0 Å². The average Bonchev–Trinajstić information content (AvgIpc) is 2.54. The van der Waals surface area contributed by atoms with Crippen molar-refractivity contribution >= 4 is 0 Å². The van der Waals surface area contributed by atoms with E-state index in [4.69, 9.17) is 0 Å². The highest BCUT2D eigenvalue weighted by atomic mass is 15.3. The molecule has 2 aliphatic heterocycles. The van der Waals surface area contributed by atoms with Crippen LogP contribution in [0.2, 0.25) is 0 Å². The molecule has 2 heterocycles. The lowest BCUT2D eigenvalue weighted by Gasteiger charge is -2.42. The Kier molecular flexibility index (Phi) is 3.30. The molecular formula is C16H30N2. The molecule has 0 aromatic rings. The SMILES string of the molecule is C=C1C2CCN(C(C)(C)C)CC2CN1C(C)(C)C. The van der Waals surface area contributed by atoms with Crippen LogP contribution in [-0.4, -0.2) is 40.5 Å². The molecule has 0 N–H and O–H groups in total. The van der Waals surface area contributed by atoms with Crippen molar-refractivity contribution in [2.75, 3.05) is 19.6 Å². The first-order chi connectivity index (χ1) is 8.10. The Hall–Kier alpha value is -0.500. The van der Waals surface area contributed by atoms with E-state index in [1.54, 1.807) is 0 Å². The van der Waals surface area contributed by atoms with Gasteiger partial charge in [0.15, 0.2) is 0 Å². The fourth-order valence-corrected chi connectivity index (χ4v) is 3.52. The Morgan fingerprint density at radius 3 is 2.11 bits per heavy atom. The van der Waals surface area contributed by atoms with Gasteiger partial charge in [-0.2, -0.15) is 0 Å². The minimum Gasteiger partial charge on any atom is -0.370 e. The van der Waals surface area contributed by atoms with Crippen molar-refractivity contribution in [2.24, 2.45) is 11.8 Å². The summed E-state index contributed by atoms with van der Waals surface area (Å²) in [5.74, 6) is 1.51. The minimum absolute atomic E-state index is 0.223. The lowest BCUT2D eigenvalue weighted by molar-refractivity contribution is 0.0659. The molecule has 0 saturated carbocycles. The van der Waals surface area contributed by atoms with Crippen LogP contribution in [0.1, 0.15) is 48.0 Å². The van der Waals surface area contributed by atoms with Gasteiger partial charge in [0.2, 0.25) is 0 Å². The smallest absolute Gasteiger partial charge is 0.0315 e. The molecule has 2 rings (SSSR count). The van der Waals surface area contributed by atoms with Gasteiger partial charge in [-0.25, -0.2) is 0 Å². The number of hydrogen-bond donors (Lipinski definition) is 0. The maximum atomic E-state index is 4.38. The van der Waals surface area contributed by atoms with Gasteiger partial charge in [-0.1, -0.05) is 6.58 Å². The van der Waals surface area contributed by atoms with Gasteiger partial charge in [-0.05, 0) is 60.4 Å². The lowest BCUT2D eigenvalue weighted by atomic mass is 9.85. The van der Waals surface area contributed by atoms with Crippen molar-refractivity contribution in [3.63, 3.8) is 0 Å². The highest BCUT2D eigenvalue weighted by Crippen LogP contribution is 2.42. The van der Waals surface area contributed by atoms with Gasteiger partial charge in [0.1, 0.15) is 0 Å². The van der Waals surface area contributed by atoms with E-state index >= 15 is 0 Å². The van der Waals surface area contributed by atoms with Crippen molar-refractivity contribution in [3.05, 3.63) is 12.3 Å². The number of fused-ring (bicyclic) bond motifs is 1. The first kappa shape index (κ1) is 13.9. The summed E-state index contributed by atoms with van der Waals surface area (Å²) >= 11 is 0. The molecule has 0 aromatic carbocycles. The summed E-state index contributed by atoms with van der Waals surface area (Å²) in [7, 11) is 0. The Morgan fingerprint density at radius 1 is 1.00 bits per heavy atom. The van der Waals surface area contributed by atoms with Crippen LogP contribution in [0.5, 0.6) is 0 Å². The van der Waals surface area contributed by atoms with E-state index in [9.17, 15) is 0 Å². The number of nitrogens with zero attached hydrogens (tertiary/aromatic N) is 2. The zero-order valence-corrected chi connectivity index (χ0v) is 13.1. The fraction of sp³-hybridized carbons (Fsp3) is 0.875. The topological polar surface area (TPSA) is 6.48 Å². The summed E-state index contributed by atoms with van der Waals surface area (Å²) in [6.45, 7) is 21.9. The van der Waals surface area contributed by atoms with Crippen LogP contribution in [0.25, 0.3) is 0 Å². The molecule has 2 aliphatic rings. The van der Waals surface area contributed by atoms with Gasteiger partial charge in [-0.15, -0.1) is 0 Å². The number of hydrogen-bond acceptors (Lipinski definition) is 2. The summed E-state index contributed by atoms with van der Waals surface area (Å²) < 4.78 is 0. The normalized spacial score (nSPS) is 30.8. The molecule has 104 valence electrons. The van der Waals surface area contributed by atoms with Gasteiger partial charge in [-0.3, -0.25) is 4.90 Å². The van der Waals surface area contributed by atoms with Gasteiger partial charge in [0, 0.05) is 35.8 Å². The van der Waals surface area contributed by atoms with E-state index in [-0.39, 0.29) is 5.54 Å². The Morgan fingerprint density at radius 2 is 1.61 bits per heavy atom. The zero-order chi connectivity index (χ0) is 13.7. The van der Waals surface area contributed by atoms with E-state index < -0.39 is 0 Å². The standard InChI is InChI=1S/C16H30N2/c1-12-14-8-9-17(15(2,3)4)10-13(14)11-18(12)16(5,6)7/h13-14H,1,8-11H2,2-7H3. The van der Waals surface area contributed by atoms with E-state index in [2.05, 4.69) is 57.9 Å². The number of piperidine rings is 1. The average molecular weight is 250 g/mol. The molecule has 2 saturated heterocycles. The minimum atomic E-state index is 0.223. The number of likely N-dealkylation sites (tertiary alicyclic amines) is 2. The van der Waals surface area contributed by atoms with Crippen LogP contribution in [0.4, 0.5) is 0 Å². The highest BCUT2D eigenvalue weighted by molar-refractivity contribution is 5.14. The molecule has 0 aromatic heterocycles. The third kappa shape index (κ3) is 2.45. The summed E-state index contributed by atoms with van der Waals surface area (Å²) in [4.78, 5) is 5.18.